The number of aromatic carboxylic acids is 1. The molecule has 0 unspecified atom stereocenters. The Kier molecular flexibility index (Phi) is 4.95. The summed E-state index contributed by atoms with van der Waals surface area (Å²) in [4.78, 5) is 24.0. The van der Waals surface area contributed by atoms with Gasteiger partial charge in [0, 0.05) is 11.1 Å². The van der Waals surface area contributed by atoms with Crippen LogP contribution in [0.15, 0.2) is 84.9 Å². The summed E-state index contributed by atoms with van der Waals surface area (Å²) >= 11 is 0. The molecule has 0 atom stereocenters. The highest BCUT2D eigenvalue weighted by molar-refractivity contribution is 6.09. The molecule has 4 aromatic rings. The Hall–Kier alpha value is -3.98. The van der Waals surface area contributed by atoms with Crippen molar-refractivity contribution in [3.05, 3.63) is 129 Å². The monoisotopic (exact) mass is 418 g/mol. The van der Waals surface area contributed by atoms with Crippen molar-refractivity contribution in [1.82, 2.24) is 0 Å². The summed E-state index contributed by atoms with van der Waals surface area (Å²) in [6, 6.07) is 27.3. The molecule has 0 radical (unpaired) electrons. The van der Waals surface area contributed by atoms with Crippen LogP contribution in [-0.2, 0) is 12.8 Å². The number of carboxylic acids is 1. The van der Waals surface area contributed by atoms with Crippen LogP contribution in [0, 0.1) is 6.92 Å². The molecule has 0 amide bonds. The van der Waals surface area contributed by atoms with Crippen molar-refractivity contribution in [1.29, 1.82) is 0 Å². The molecular weight excluding hydrogens is 396 g/mol. The van der Waals surface area contributed by atoms with E-state index in [0.717, 1.165) is 18.4 Å². The standard InChI is InChI=1S/C29H22O3/c1-18-2-4-19(5-3-18)14-20-6-12-26-24(15-20)17-25-16-23(11-13-27(25)26)28(30)21-7-9-22(10-8-21)29(31)32/h2-13,15-16H,14,17H2,1H3,(H,31,32). The number of rotatable bonds is 5. The molecule has 0 heterocycles. The number of fused-ring (bicyclic) bond motifs is 3. The number of ketones is 1. The Bertz CT molecular complexity index is 1350. The fraction of sp³-hybridized carbons (Fsp3) is 0.103. The van der Waals surface area contributed by atoms with E-state index in [4.69, 9.17) is 5.11 Å². The van der Waals surface area contributed by atoms with Crippen LogP contribution in [0.4, 0.5) is 0 Å². The van der Waals surface area contributed by atoms with E-state index in [-0.39, 0.29) is 11.3 Å². The molecule has 4 aromatic carbocycles. The van der Waals surface area contributed by atoms with E-state index in [9.17, 15) is 9.59 Å². The normalized spacial score (nSPS) is 11.7. The van der Waals surface area contributed by atoms with Gasteiger partial charge in [0.05, 0.1) is 5.56 Å². The van der Waals surface area contributed by atoms with Crippen LogP contribution >= 0.6 is 0 Å². The quantitative estimate of drug-likeness (QED) is 0.352. The van der Waals surface area contributed by atoms with E-state index in [0.29, 0.717) is 11.1 Å². The van der Waals surface area contributed by atoms with Gasteiger partial charge in [-0.3, -0.25) is 4.79 Å². The first-order valence-corrected chi connectivity index (χ1v) is 10.7. The minimum absolute atomic E-state index is 0.0965. The van der Waals surface area contributed by atoms with Crippen molar-refractivity contribution < 1.29 is 14.7 Å². The number of hydrogen-bond acceptors (Lipinski definition) is 2. The van der Waals surface area contributed by atoms with Crippen molar-refractivity contribution in [3.63, 3.8) is 0 Å². The van der Waals surface area contributed by atoms with Gasteiger partial charge in [0.1, 0.15) is 0 Å². The van der Waals surface area contributed by atoms with E-state index in [1.165, 1.54) is 45.5 Å². The molecule has 0 aromatic heterocycles. The Morgan fingerprint density at radius 1 is 0.688 bits per heavy atom. The molecule has 3 heteroatoms. The fourth-order valence-electron chi connectivity index (χ4n) is 4.39. The molecule has 0 saturated carbocycles. The minimum atomic E-state index is -0.999. The summed E-state index contributed by atoms with van der Waals surface area (Å²) in [6.45, 7) is 2.10. The molecule has 0 saturated heterocycles. The Labute approximate surface area is 187 Å². The third kappa shape index (κ3) is 3.74. The Morgan fingerprint density at radius 3 is 1.94 bits per heavy atom. The van der Waals surface area contributed by atoms with Crippen molar-refractivity contribution in [2.24, 2.45) is 0 Å². The molecule has 3 nitrogen and oxygen atoms in total. The van der Waals surface area contributed by atoms with Crippen molar-refractivity contribution in [2.45, 2.75) is 19.8 Å². The molecule has 0 bridgehead atoms. The van der Waals surface area contributed by atoms with Crippen LogP contribution < -0.4 is 0 Å². The average Bonchev–Trinajstić information content (AvgIpc) is 3.17. The smallest absolute Gasteiger partial charge is 0.335 e. The summed E-state index contributed by atoms with van der Waals surface area (Å²) in [5.41, 5.74) is 10.00. The second-order valence-corrected chi connectivity index (χ2v) is 8.41. The highest BCUT2D eigenvalue weighted by Gasteiger charge is 2.21. The lowest BCUT2D eigenvalue weighted by molar-refractivity contribution is 0.0696. The second kappa shape index (κ2) is 7.93. The van der Waals surface area contributed by atoms with Gasteiger partial charge in [-0.25, -0.2) is 4.79 Å². The van der Waals surface area contributed by atoms with Crippen LogP contribution in [-0.4, -0.2) is 16.9 Å². The zero-order valence-corrected chi connectivity index (χ0v) is 17.8. The lowest BCUT2D eigenvalue weighted by atomic mass is 9.97. The number of carbonyl (C=O) groups is 2. The van der Waals surface area contributed by atoms with Crippen molar-refractivity contribution in [3.8, 4) is 11.1 Å². The Morgan fingerprint density at radius 2 is 1.25 bits per heavy atom. The summed E-state index contributed by atoms with van der Waals surface area (Å²) in [5.74, 6) is -1.10. The summed E-state index contributed by atoms with van der Waals surface area (Å²) in [7, 11) is 0. The third-order valence-corrected chi connectivity index (χ3v) is 6.13. The summed E-state index contributed by atoms with van der Waals surface area (Å²) < 4.78 is 0. The molecule has 32 heavy (non-hydrogen) atoms. The van der Waals surface area contributed by atoms with Gasteiger partial charge in [-0.1, -0.05) is 72.3 Å². The van der Waals surface area contributed by atoms with Crippen molar-refractivity contribution >= 4 is 11.8 Å². The maximum atomic E-state index is 12.9. The number of aryl methyl sites for hydroxylation is 1. The van der Waals surface area contributed by atoms with Gasteiger partial charge < -0.3 is 5.11 Å². The molecule has 1 N–H and O–H groups in total. The van der Waals surface area contributed by atoms with Gasteiger partial charge in [0.15, 0.2) is 5.78 Å². The number of carbonyl (C=O) groups excluding carboxylic acids is 1. The third-order valence-electron chi connectivity index (χ3n) is 6.13. The van der Waals surface area contributed by atoms with Crippen LogP contribution in [0.2, 0.25) is 0 Å². The number of carboxylic acid groups (broad SMARTS) is 1. The maximum absolute atomic E-state index is 12.9. The fourth-order valence-corrected chi connectivity index (χ4v) is 4.39. The molecular formula is C29H22O3. The molecule has 5 rings (SSSR count). The predicted octanol–water partition coefficient (Wildman–Crippen LogP) is 6.09. The van der Waals surface area contributed by atoms with Gasteiger partial charge in [0.2, 0.25) is 0 Å². The van der Waals surface area contributed by atoms with Gasteiger partial charge in [-0.05, 0) is 71.3 Å². The summed E-state index contributed by atoms with van der Waals surface area (Å²) in [6.07, 6.45) is 1.71. The van der Waals surface area contributed by atoms with Crippen LogP contribution in [0.3, 0.4) is 0 Å². The Balaban J connectivity index is 1.38. The van der Waals surface area contributed by atoms with Gasteiger partial charge in [0.25, 0.3) is 0 Å². The first-order chi connectivity index (χ1) is 15.5. The van der Waals surface area contributed by atoms with E-state index in [2.05, 4.69) is 49.4 Å². The van der Waals surface area contributed by atoms with Crippen LogP contribution in [0.1, 0.15) is 54.1 Å². The average molecular weight is 418 g/mol. The zero-order chi connectivity index (χ0) is 22.2. The SMILES string of the molecule is Cc1ccc(Cc2ccc3c(c2)Cc2cc(C(=O)c4ccc(C(=O)O)cc4)ccc2-3)cc1. The summed E-state index contributed by atoms with van der Waals surface area (Å²) in [5, 5.41) is 9.05. The number of hydrogen-bond donors (Lipinski definition) is 1. The lowest BCUT2D eigenvalue weighted by Gasteiger charge is -2.07. The molecule has 1 aliphatic rings. The first kappa shape index (κ1) is 20.0. The van der Waals surface area contributed by atoms with E-state index < -0.39 is 5.97 Å². The molecule has 1 aliphatic carbocycles. The highest BCUT2D eigenvalue weighted by atomic mass is 16.4. The lowest BCUT2D eigenvalue weighted by Crippen LogP contribution is -2.03. The van der Waals surface area contributed by atoms with Gasteiger partial charge in [-0.2, -0.15) is 0 Å². The molecule has 0 spiro atoms. The predicted molar refractivity (Wildman–Crippen MR) is 126 cm³/mol. The van der Waals surface area contributed by atoms with E-state index >= 15 is 0 Å². The molecule has 0 fully saturated rings. The van der Waals surface area contributed by atoms with E-state index in [1.807, 2.05) is 18.2 Å². The number of benzene rings is 4. The first-order valence-electron chi connectivity index (χ1n) is 10.7. The molecule has 0 aliphatic heterocycles. The molecule has 156 valence electrons. The van der Waals surface area contributed by atoms with Gasteiger partial charge >= 0.3 is 5.97 Å². The second-order valence-electron chi connectivity index (χ2n) is 8.41. The van der Waals surface area contributed by atoms with E-state index in [1.54, 1.807) is 12.1 Å². The van der Waals surface area contributed by atoms with Crippen LogP contribution in [0.5, 0.6) is 0 Å². The highest BCUT2D eigenvalue weighted by Crippen LogP contribution is 2.38. The zero-order valence-electron chi connectivity index (χ0n) is 17.8. The van der Waals surface area contributed by atoms with Crippen molar-refractivity contribution in [2.75, 3.05) is 0 Å². The van der Waals surface area contributed by atoms with Gasteiger partial charge in [-0.15, -0.1) is 0 Å². The topological polar surface area (TPSA) is 54.4 Å². The maximum Gasteiger partial charge on any atom is 0.335 e. The minimum Gasteiger partial charge on any atom is -0.478 e. The van der Waals surface area contributed by atoms with Crippen LogP contribution in [0.25, 0.3) is 11.1 Å². The largest absolute Gasteiger partial charge is 0.478 e.